The molecule has 0 radical (unpaired) electrons. The monoisotopic (exact) mass is 374 g/mol. The van der Waals surface area contributed by atoms with Gasteiger partial charge in [-0.15, -0.1) is 0 Å². The fourth-order valence-corrected chi connectivity index (χ4v) is 1.36. The number of morpholine rings is 1. The van der Waals surface area contributed by atoms with Crippen LogP contribution in [0.4, 0.5) is 52.7 Å². The van der Waals surface area contributed by atoms with E-state index in [-0.39, 0.29) is 0 Å². The summed E-state index contributed by atoms with van der Waals surface area (Å²) >= 11 is 0. The summed E-state index contributed by atoms with van der Waals surface area (Å²) in [6, 6.07) is -21.4. The summed E-state index contributed by atoms with van der Waals surface area (Å²) in [6.07, 6.45) is -13.5. The number of nitrogens with zero attached hydrogens (tertiary/aromatic N) is 1. The van der Waals surface area contributed by atoms with Crippen LogP contribution in [0.2, 0.25) is 0 Å². The highest BCUT2D eigenvalue weighted by atomic mass is 19.4. The molecule has 1 rings (SSSR count). The smallest absolute Gasteiger partial charge is 0.364 e. The van der Waals surface area contributed by atoms with E-state index >= 15 is 0 Å². The maximum Gasteiger partial charge on any atom is 0.439 e. The normalized spacial score (nSPS) is 26.8. The molecule has 0 aromatic rings. The molecule has 0 saturated carbocycles. The van der Waals surface area contributed by atoms with Crippen LogP contribution in [-0.4, -0.2) is 47.1 Å². The molecule has 2 N–H and O–H groups in total. The molecular formula is C7H2F12N2O2. The molecule has 136 valence electrons. The van der Waals surface area contributed by atoms with Gasteiger partial charge in [0.2, 0.25) is 0 Å². The lowest BCUT2D eigenvalue weighted by Gasteiger charge is -2.49. The van der Waals surface area contributed by atoms with E-state index in [1.165, 1.54) is 0 Å². The van der Waals surface area contributed by atoms with Gasteiger partial charge in [-0.05, 0) is 0 Å². The van der Waals surface area contributed by atoms with Crippen LogP contribution >= 0.6 is 0 Å². The van der Waals surface area contributed by atoms with Crippen molar-refractivity contribution in [3.8, 4) is 0 Å². The third-order valence-corrected chi connectivity index (χ3v) is 2.49. The van der Waals surface area contributed by atoms with E-state index in [9.17, 15) is 57.5 Å². The number of amides is 1. The first-order valence-electron chi connectivity index (χ1n) is 4.84. The van der Waals surface area contributed by atoms with Crippen LogP contribution in [0.25, 0.3) is 0 Å². The highest BCUT2D eigenvalue weighted by molar-refractivity contribution is 5.82. The Hall–Kier alpha value is -1.45. The number of nitrogens with two attached hydrogens (primary N) is 1. The Bertz CT molecular complexity index is 492. The number of carbonyl (C=O) groups excluding carboxylic acids is 1. The van der Waals surface area contributed by atoms with Gasteiger partial charge < -0.3 is 5.73 Å². The largest absolute Gasteiger partial charge is 0.439 e. The minimum Gasteiger partial charge on any atom is -0.364 e. The van der Waals surface area contributed by atoms with Crippen molar-refractivity contribution in [2.75, 3.05) is 0 Å². The van der Waals surface area contributed by atoms with Crippen molar-refractivity contribution in [2.24, 2.45) is 5.73 Å². The lowest BCUT2D eigenvalue weighted by Crippen LogP contribution is -2.80. The number of alkyl halides is 12. The van der Waals surface area contributed by atoms with Crippen LogP contribution in [-0.2, 0) is 9.53 Å². The van der Waals surface area contributed by atoms with E-state index in [1.54, 1.807) is 4.74 Å². The van der Waals surface area contributed by atoms with E-state index < -0.39 is 47.1 Å². The van der Waals surface area contributed by atoms with Gasteiger partial charge in [-0.25, -0.2) is 4.74 Å². The van der Waals surface area contributed by atoms with Gasteiger partial charge in [-0.2, -0.15) is 52.7 Å². The third kappa shape index (κ3) is 2.29. The van der Waals surface area contributed by atoms with Crippen molar-refractivity contribution in [1.82, 2.24) is 4.90 Å². The summed E-state index contributed by atoms with van der Waals surface area (Å²) in [4.78, 5) is 6.33. The lowest BCUT2D eigenvalue weighted by molar-refractivity contribution is -0.591. The molecule has 23 heavy (non-hydrogen) atoms. The topological polar surface area (TPSA) is 55.6 Å². The molecule has 1 saturated heterocycles. The molecule has 1 amide bonds. The molecular weight excluding hydrogens is 372 g/mol. The summed E-state index contributed by atoms with van der Waals surface area (Å²) in [5.74, 6) is -10.2. The number of rotatable bonds is 3. The molecule has 1 aliphatic rings. The summed E-state index contributed by atoms with van der Waals surface area (Å²) in [7, 11) is 0. The number of hydrogen-bond acceptors (Lipinski definition) is 3. The van der Waals surface area contributed by atoms with Gasteiger partial charge in [0.05, 0.1) is 0 Å². The van der Waals surface area contributed by atoms with Gasteiger partial charge in [0, 0.05) is 0 Å². The second-order valence-corrected chi connectivity index (χ2v) is 4.03. The lowest BCUT2D eigenvalue weighted by atomic mass is 10.1. The minimum atomic E-state index is -7.25. The SMILES string of the molecule is NC(=O)C(F)(F)C(F)(F)N1C(F)(F)C(F)(F)OC(F)(F)C1(F)F. The number of primary amides is 1. The van der Waals surface area contributed by atoms with Crippen molar-refractivity contribution in [3.63, 3.8) is 0 Å². The Labute approximate surface area is 116 Å². The standard InChI is InChI=1S/C7H2F12N2O2/c8-2(9,1(20)22)3(10,11)21-4(12,13)6(16,17)23-7(18,19)5(21,14)15/h(H2,20,22). The van der Waals surface area contributed by atoms with Crippen LogP contribution in [0.1, 0.15) is 0 Å². The van der Waals surface area contributed by atoms with E-state index in [0.29, 0.717) is 0 Å². The van der Waals surface area contributed by atoms with E-state index in [0.717, 1.165) is 0 Å². The molecule has 1 heterocycles. The first-order chi connectivity index (χ1) is 9.77. The molecule has 4 nitrogen and oxygen atoms in total. The van der Waals surface area contributed by atoms with E-state index in [4.69, 9.17) is 0 Å². The predicted octanol–water partition coefficient (Wildman–Crippen LogP) is 2.40. The maximum absolute atomic E-state index is 13.2. The molecule has 0 atom stereocenters. The molecule has 16 heteroatoms. The van der Waals surface area contributed by atoms with Crippen LogP contribution in [0.5, 0.6) is 0 Å². The minimum absolute atomic E-state index is 1.79. The fourth-order valence-electron chi connectivity index (χ4n) is 1.36. The molecule has 1 aliphatic heterocycles. The van der Waals surface area contributed by atoms with Gasteiger partial charge >= 0.3 is 36.3 Å². The number of hydrogen-bond donors (Lipinski definition) is 1. The van der Waals surface area contributed by atoms with Crippen LogP contribution in [0.3, 0.4) is 0 Å². The maximum atomic E-state index is 13.2. The first-order valence-corrected chi connectivity index (χ1v) is 4.84. The summed E-state index contributed by atoms with van der Waals surface area (Å²) in [5.41, 5.74) is 3.68. The average molecular weight is 374 g/mol. The van der Waals surface area contributed by atoms with E-state index in [2.05, 4.69) is 5.73 Å². The highest BCUT2D eigenvalue weighted by Crippen LogP contribution is 2.60. The Morgan fingerprint density at radius 2 is 1.13 bits per heavy atom. The van der Waals surface area contributed by atoms with Crippen LogP contribution in [0.15, 0.2) is 0 Å². The summed E-state index contributed by atoms with van der Waals surface area (Å²) in [5, 5.41) is 0. The van der Waals surface area contributed by atoms with Gasteiger partial charge in [0.25, 0.3) is 5.91 Å². The van der Waals surface area contributed by atoms with Gasteiger partial charge in [-0.3, -0.25) is 4.79 Å². The van der Waals surface area contributed by atoms with Crippen molar-refractivity contribution in [1.29, 1.82) is 0 Å². The van der Waals surface area contributed by atoms with Gasteiger partial charge in [-0.1, -0.05) is 4.90 Å². The Kier molecular flexibility index (Phi) is 3.88. The van der Waals surface area contributed by atoms with Crippen LogP contribution in [0, 0.1) is 0 Å². The molecule has 1 fully saturated rings. The molecule has 0 bridgehead atoms. The Morgan fingerprint density at radius 1 is 0.826 bits per heavy atom. The Morgan fingerprint density at radius 3 is 1.39 bits per heavy atom. The van der Waals surface area contributed by atoms with Crippen molar-refractivity contribution < 1.29 is 62.2 Å². The number of carbonyl (C=O) groups is 1. The fraction of sp³-hybridized carbons (Fsp3) is 0.857. The summed E-state index contributed by atoms with van der Waals surface area (Å²) < 4.78 is 157. The zero-order valence-corrected chi connectivity index (χ0v) is 9.88. The first kappa shape index (κ1) is 19.6. The number of halogens is 12. The second kappa shape index (κ2) is 4.55. The van der Waals surface area contributed by atoms with Gasteiger partial charge in [0.1, 0.15) is 0 Å². The second-order valence-electron chi connectivity index (χ2n) is 4.03. The molecule has 0 aromatic carbocycles. The molecule has 0 spiro atoms. The van der Waals surface area contributed by atoms with Crippen LogP contribution < -0.4 is 5.73 Å². The molecule has 0 aliphatic carbocycles. The number of ether oxygens (including phenoxy) is 1. The molecule has 0 aromatic heterocycles. The molecule has 0 unspecified atom stereocenters. The average Bonchev–Trinajstić information content (AvgIpc) is 2.23. The third-order valence-electron chi connectivity index (χ3n) is 2.49. The zero-order chi connectivity index (χ0) is 18.9. The predicted molar refractivity (Wildman–Crippen MR) is 41.8 cm³/mol. The van der Waals surface area contributed by atoms with Gasteiger partial charge in [0.15, 0.2) is 0 Å². The Balaban J connectivity index is 3.71. The van der Waals surface area contributed by atoms with E-state index in [1.807, 2.05) is 0 Å². The van der Waals surface area contributed by atoms with Crippen molar-refractivity contribution in [2.45, 2.75) is 36.3 Å². The highest BCUT2D eigenvalue weighted by Gasteiger charge is 2.90. The van der Waals surface area contributed by atoms with Crippen molar-refractivity contribution >= 4 is 5.91 Å². The van der Waals surface area contributed by atoms with Crippen molar-refractivity contribution in [3.05, 3.63) is 0 Å². The zero-order valence-electron chi connectivity index (χ0n) is 9.88. The summed E-state index contributed by atoms with van der Waals surface area (Å²) in [6.45, 7) is 0. The quantitative estimate of drug-likeness (QED) is 0.610.